The highest BCUT2D eigenvalue weighted by molar-refractivity contribution is 9.09. The van der Waals surface area contributed by atoms with Gasteiger partial charge in [-0.15, -0.1) is 0 Å². The van der Waals surface area contributed by atoms with E-state index in [4.69, 9.17) is 4.74 Å². The summed E-state index contributed by atoms with van der Waals surface area (Å²) in [5.41, 5.74) is 0.215. The van der Waals surface area contributed by atoms with Crippen molar-refractivity contribution in [2.45, 2.75) is 24.1 Å². The highest BCUT2D eigenvalue weighted by atomic mass is 79.9. The molecule has 6 nitrogen and oxygen atoms in total. The highest BCUT2D eigenvalue weighted by Gasteiger charge is 2.25. The van der Waals surface area contributed by atoms with Crippen molar-refractivity contribution < 1.29 is 14.5 Å². The standard InChI is InChI=1S/C14H17BrN2O4/c1-21-13-7-10(17(19)20)5-6-11(13)14(18)16-8-9-3-2-4-12(9)15/h5-7,9,12H,2-4,8H2,1H3,(H,16,18). The minimum atomic E-state index is -0.516. The lowest BCUT2D eigenvalue weighted by atomic mass is 10.1. The van der Waals surface area contributed by atoms with Crippen molar-refractivity contribution >= 4 is 27.5 Å². The molecule has 114 valence electrons. The maximum Gasteiger partial charge on any atom is 0.273 e. The van der Waals surface area contributed by atoms with Crippen LogP contribution in [0.15, 0.2) is 18.2 Å². The molecule has 2 rings (SSSR count). The number of nitrogens with one attached hydrogen (secondary N) is 1. The van der Waals surface area contributed by atoms with Crippen LogP contribution in [0.2, 0.25) is 0 Å². The van der Waals surface area contributed by atoms with Crippen molar-refractivity contribution in [2.24, 2.45) is 5.92 Å². The normalized spacial score (nSPS) is 21.0. The van der Waals surface area contributed by atoms with Crippen molar-refractivity contribution in [3.63, 3.8) is 0 Å². The van der Waals surface area contributed by atoms with Crippen LogP contribution in [-0.2, 0) is 0 Å². The summed E-state index contributed by atoms with van der Waals surface area (Å²) in [6, 6.07) is 3.99. The third kappa shape index (κ3) is 3.72. The van der Waals surface area contributed by atoms with Gasteiger partial charge in [-0.25, -0.2) is 0 Å². The first kappa shape index (κ1) is 15.8. The molecule has 0 bridgehead atoms. The quantitative estimate of drug-likeness (QED) is 0.499. The molecule has 0 spiro atoms. The van der Waals surface area contributed by atoms with Crippen LogP contribution in [0.1, 0.15) is 29.6 Å². The molecule has 0 aromatic heterocycles. The maximum atomic E-state index is 12.2. The van der Waals surface area contributed by atoms with Gasteiger partial charge in [0.05, 0.1) is 23.7 Å². The number of methoxy groups -OCH3 is 1. The van der Waals surface area contributed by atoms with Gasteiger partial charge < -0.3 is 10.1 Å². The van der Waals surface area contributed by atoms with Crippen molar-refractivity contribution in [2.75, 3.05) is 13.7 Å². The number of nitro benzene ring substituents is 1. The largest absolute Gasteiger partial charge is 0.496 e. The molecular formula is C14H17BrN2O4. The zero-order valence-corrected chi connectivity index (χ0v) is 13.3. The number of benzene rings is 1. The first-order valence-electron chi connectivity index (χ1n) is 6.77. The highest BCUT2D eigenvalue weighted by Crippen LogP contribution is 2.31. The van der Waals surface area contributed by atoms with Crippen LogP contribution in [0.3, 0.4) is 0 Å². The number of non-ortho nitro benzene ring substituents is 1. The van der Waals surface area contributed by atoms with E-state index in [1.807, 2.05) is 0 Å². The molecule has 1 aliphatic carbocycles. The van der Waals surface area contributed by atoms with Gasteiger partial charge in [0.15, 0.2) is 0 Å². The van der Waals surface area contributed by atoms with Gasteiger partial charge in [0.25, 0.3) is 11.6 Å². The number of hydrogen-bond donors (Lipinski definition) is 1. The van der Waals surface area contributed by atoms with Crippen LogP contribution in [0, 0.1) is 16.0 Å². The van der Waals surface area contributed by atoms with E-state index in [9.17, 15) is 14.9 Å². The molecule has 1 N–H and O–H groups in total. The molecule has 1 aromatic carbocycles. The van der Waals surface area contributed by atoms with E-state index in [2.05, 4.69) is 21.2 Å². The molecule has 0 saturated heterocycles. The predicted octanol–water partition coefficient (Wildman–Crippen LogP) is 2.90. The van der Waals surface area contributed by atoms with Gasteiger partial charge >= 0.3 is 0 Å². The second-order valence-electron chi connectivity index (χ2n) is 5.06. The van der Waals surface area contributed by atoms with Gasteiger partial charge in [0.1, 0.15) is 5.75 Å². The second-order valence-corrected chi connectivity index (χ2v) is 6.23. The predicted molar refractivity (Wildman–Crippen MR) is 82.0 cm³/mol. The summed E-state index contributed by atoms with van der Waals surface area (Å²) in [5, 5.41) is 13.6. The number of nitrogens with zero attached hydrogens (tertiary/aromatic N) is 1. The van der Waals surface area contributed by atoms with Crippen LogP contribution < -0.4 is 10.1 Å². The van der Waals surface area contributed by atoms with Crippen LogP contribution in [-0.4, -0.2) is 29.3 Å². The lowest BCUT2D eigenvalue weighted by molar-refractivity contribution is -0.384. The fraction of sp³-hybridized carbons (Fsp3) is 0.500. The SMILES string of the molecule is COc1cc([N+](=O)[O-])ccc1C(=O)NCC1CCCC1Br. The van der Waals surface area contributed by atoms with Crippen molar-refractivity contribution in [1.82, 2.24) is 5.32 Å². The van der Waals surface area contributed by atoms with E-state index >= 15 is 0 Å². The molecular weight excluding hydrogens is 340 g/mol. The van der Waals surface area contributed by atoms with Gasteiger partial charge in [-0.05, 0) is 24.8 Å². The topological polar surface area (TPSA) is 81.5 Å². The minimum absolute atomic E-state index is 0.0975. The van der Waals surface area contributed by atoms with E-state index in [1.165, 1.54) is 25.3 Å². The van der Waals surface area contributed by atoms with Gasteiger partial charge in [0.2, 0.25) is 0 Å². The van der Waals surface area contributed by atoms with E-state index < -0.39 is 4.92 Å². The molecule has 0 heterocycles. The number of ether oxygens (including phenoxy) is 1. The number of nitro groups is 1. The van der Waals surface area contributed by atoms with Crippen LogP contribution in [0.25, 0.3) is 0 Å². The Hall–Kier alpha value is -1.63. The average molecular weight is 357 g/mol. The van der Waals surface area contributed by atoms with Crippen molar-refractivity contribution in [1.29, 1.82) is 0 Å². The molecule has 0 aliphatic heterocycles. The molecule has 1 aromatic rings. The lowest BCUT2D eigenvalue weighted by Gasteiger charge is -2.15. The van der Waals surface area contributed by atoms with Crippen molar-refractivity contribution in [3.05, 3.63) is 33.9 Å². The fourth-order valence-electron chi connectivity index (χ4n) is 2.52. The van der Waals surface area contributed by atoms with Gasteiger partial charge in [-0.3, -0.25) is 14.9 Å². The number of halogens is 1. The summed E-state index contributed by atoms with van der Waals surface area (Å²) in [7, 11) is 1.39. The van der Waals surface area contributed by atoms with Gasteiger partial charge in [-0.2, -0.15) is 0 Å². The molecule has 21 heavy (non-hydrogen) atoms. The summed E-state index contributed by atoms with van der Waals surface area (Å²) >= 11 is 3.61. The van der Waals surface area contributed by atoms with Crippen molar-refractivity contribution in [3.8, 4) is 5.75 Å². The van der Waals surface area contributed by atoms with E-state index in [0.29, 0.717) is 22.9 Å². The molecule has 1 amide bonds. The molecule has 1 aliphatic rings. The molecule has 2 atom stereocenters. The van der Waals surface area contributed by atoms with Crippen LogP contribution >= 0.6 is 15.9 Å². The zero-order valence-electron chi connectivity index (χ0n) is 11.7. The second kappa shape index (κ2) is 6.89. The summed E-state index contributed by atoms with van der Waals surface area (Å²) in [6.45, 7) is 0.592. The lowest BCUT2D eigenvalue weighted by Crippen LogP contribution is -2.31. The summed E-state index contributed by atoms with van der Waals surface area (Å²) in [5.74, 6) is 0.370. The Bertz CT molecular complexity index is 550. The third-order valence-electron chi connectivity index (χ3n) is 3.73. The Morgan fingerprint density at radius 1 is 1.52 bits per heavy atom. The molecule has 1 saturated carbocycles. The first-order chi connectivity index (χ1) is 10.0. The van der Waals surface area contributed by atoms with Crippen LogP contribution in [0.4, 0.5) is 5.69 Å². The molecule has 0 radical (unpaired) electrons. The number of amides is 1. The Labute approximate surface area is 131 Å². The van der Waals surface area contributed by atoms with E-state index in [1.54, 1.807) is 0 Å². The number of rotatable bonds is 5. The number of hydrogen-bond acceptors (Lipinski definition) is 4. The Morgan fingerprint density at radius 2 is 2.29 bits per heavy atom. The smallest absolute Gasteiger partial charge is 0.273 e. The maximum absolute atomic E-state index is 12.2. The van der Waals surface area contributed by atoms with E-state index in [-0.39, 0.29) is 17.3 Å². The monoisotopic (exact) mass is 356 g/mol. The zero-order chi connectivity index (χ0) is 15.4. The third-order valence-corrected chi connectivity index (χ3v) is 4.94. The Balaban J connectivity index is 2.06. The Kier molecular flexibility index (Phi) is 5.17. The van der Waals surface area contributed by atoms with Gasteiger partial charge in [0, 0.05) is 17.4 Å². The molecule has 2 unspecified atom stereocenters. The first-order valence-corrected chi connectivity index (χ1v) is 7.69. The number of alkyl halides is 1. The molecule has 1 fully saturated rings. The average Bonchev–Trinajstić information content (AvgIpc) is 2.89. The summed E-state index contributed by atoms with van der Waals surface area (Å²) in [6.07, 6.45) is 3.38. The fourth-order valence-corrected chi connectivity index (χ4v) is 3.30. The van der Waals surface area contributed by atoms with Crippen LogP contribution in [0.5, 0.6) is 5.75 Å². The molecule has 7 heteroatoms. The Morgan fingerprint density at radius 3 is 2.86 bits per heavy atom. The summed E-state index contributed by atoms with van der Waals surface area (Å²) < 4.78 is 5.08. The minimum Gasteiger partial charge on any atom is -0.496 e. The van der Waals surface area contributed by atoms with E-state index in [0.717, 1.165) is 19.3 Å². The summed E-state index contributed by atoms with van der Waals surface area (Å²) in [4.78, 5) is 22.8. The number of carbonyl (C=O) groups is 1. The van der Waals surface area contributed by atoms with Gasteiger partial charge in [-0.1, -0.05) is 22.4 Å². The number of carbonyl (C=O) groups excluding carboxylic acids is 1.